The minimum absolute atomic E-state index is 0.0107. The molecule has 0 bridgehead atoms. The molecule has 8 nitrogen and oxygen atoms in total. The topological polar surface area (TPSA) is 87.5 Å². The monoisotopic (exact) mass is 367 g/mol. The number of fused-ring (bicyclic) bond motifs is 3. The first-order chi connectivity index (χ1) is 12.8. The van der Waals surface area contributed by atoms with E-state index in [0.717, 1.165) is 11.0 Å². The minimum atomic E-state index is -0.731. The van der Waals surface area contributed by atoms with Gasteiger partial charge in [-0.15, -0.1) is 0 Å². The lowest BCUT2D eigenvalue weighted by Gasteiger charge is -2.16. The molecule has 3 aromatic heterocycles. The van der Waals surface area contributed by atoms with Crippen LogP contribution < -0.4 is 5.56 Å². The van der Waals surface area contributed by atoms with Crippen LogP contribution >= 0.6 is 0 Å². The molecule has 27 heavy (non-hydrogen) atoms. The highest BCUT2D eigenvalue weighted by Gasteiger charge is 2.29. The van der Waals surface area contributed by atoms with Crippen LogP contribution in [0.5, 0.6) is 0 Å². The Balaban J connectivity index is 2.04. The summed E-state index contributed by atoms with van der Waals surface area (Å²) in [6, 6.07) is 7.74. The van der Waals surface area contributed by atoms with E-state index in [2.05, 4.69) is 15.1 Å². The van der Waals surface area contributed by atoms with Gasteiger partial charge in [-0.2, -0.15) is 4.98 Å². The minimum Gasteiger partial charge on any atom is -0.369 e. The summed E-state index contributed by atoms with van der Waals surface area (Å²) in [5.74, 6) is 0.589. The molecule has 0 atom stereocenters. The molecule has 0 unspecified atom stereocenters. The van der Waals surface area contributed by atoms with E-state index in [1.165, 1.54) is 0 Å². The summed E-state index contributed by atoms with van der Waals surface area (Å²) in [6.07, 6.45) is 1.62. The number of ether oxygens (including phenoxy) is 1. The van der Waals surface area contributed by atoms with Crippen LogP contribution in [-0.2, 0) is 10.3 Å². The molecule has 0 spiro atoms. The van der Waals surface area contributed by atoms with E-state index >= 15 is 0 Å². The molecular formula is C19H21N5O3. The fourth-order valence-corrected chi connectivity index (χ4v) is 3.16. The van der Waals surface area contributed by atoms with Gasteiger partial charge in [0, 0.05) is 13.2 Å². The fraction of sp³-hybridized carbons (Fsp3) is 0.368. The molecule has 0 N–H and O–H groups in total. The van der Waals surface area contributed by atoms with E-state index in [9.17, 15) is 4.79 Å². The van der Waals surface area contributed by atoms with Crippen molar-refractivity contribution in [2.24, 2.45) is 0 Å². The van der Waals surface area contributed by atoms with Gasteiger partial charge in [0.05, 0.1) is 11.0 Å². The number of imidazole rings is 1. The van der Waals surface area contributed by atoms with Gasteiger partial charge >= 0.3 is 0 Å². The number of methoxy groups -OCH3 is 1. The van der Waals surface area contributed by atoms with Crippen LogP contribution in [0.4, 0.5) is 0 Å². The Kier molecular flexibility index (Phi) is 3.88. The molecule has 0 saturated carbocycles. The van der Waals surface area contributed by atoms with Crippen molar-refractivity contribution in [3.63, 3.8) is 0 Å². The van der Waals surface area contributed by atoms with Gasteiger partial charge in [-0.25, -0.2) is 4.98 Å². The van der Waals surface area contributed by atoms with Crippen LogP contribution in [0.3, 0.4) is 0 Å². The lowest BCUT2D eigenvalue weighted by Crippen LogP contribution is -2.24. The van der Waals surface area contributed by atoms with Gasteiger partial charge in [-0.1, -0.05) is 17.3 Å². The van der Waals surface area contributed by atoms with Crippen molar-refractivity contribution >= 4 is 16.6 Å². The van der Waals surface area contributed by atoms with Gasteiger partial charge in [0.1, 0.15) is 23.1 Å². The van der Waals surface area contributed by atoms with Crippen LogP contribution in [-0.4, -0.2) is 31.2 Å². The standard InChI is InChI=1S/C19H21N5O3/c1-11(2)24-13-9-7-6-8-12(13)23-10-20-14(15(23)17(24)25)16-21-18(27-22-16)19(3,4)26-5/h6-11H,1-5H3. The van der Waals surface area contributed by atoms with Gasteiger partial charge in [0.25, 0.3) is 11.4 Å². The smallest absolute Gasteiger partial charge is 0.278 e. The lowest BCUT2D eigenvalue weighted by atomic mass is 10.1. The van der Waals surface area contributed by atoms with Crippen molar-refractivity contribution < 1.29 is 9.26 Å². The van der Waals surface area contributed by atoms with Crippen LogP contribution in [0.15, 0.2) is 39.9 Å². The van der Waals surface area contributed by atoms with E-state index in [-0.39, 0.29) is 17.4 Å². The zero-order valence-corrected chi connectivity index (χ0v) is 15.9. The molecule has 1 aromatic carbocycles. The van der Waals surface area contributed by atoms with E-state index in [1.54, 1.807) is 22.4 Å². The summed E-state index contributed by atoms with van der Waals surface area (Å²) in [5, 5.41) is 4.03. The van der Waals surface area contributed by atoms with E-state index in [1.807, 2.05) is 52.0 Å². The maximum absolute atomic E-state index is 13.3. The first kappa shape index (κ1) is 17.4. The molecule has 8 heteroatoms. The Labute approximate surface area is 155 Å². The molecule has 4 aromatic rings. The van der Waals surface area contributed by atoms with Gasteiger partial charge in [-0.3, -0.25) is 9.20 Å². The third kappa shape index (κ3) is 2.56. The third-order valence-electron chi connectivity index (χ3n) is 4.77. The van der Waals surface area contributed by atoms with Crippen molar-refractivity contribution in [2.45, 2.75) is 39.3 Å². The second-order valence-corrected chi connectivity index (χ2v) is 7.21. The number of benzene rings is 1. The molecule has 140 valence electrons. The highest BCUT2D eigenvalue weighted by molar-refractivity contribution is 5.83. The first-order valence-electron chi connectivity index (χ1n) is 8.75. The molecule has 0 fully saturated rings. The number of hydrogen-bond donors (Lipinski definition) is 0. The Hall–Kier alpha value is -3.00. The predicted molar refractivity (Wildman–Crippen MR) is 101 cm³/mol. The average Bonchev–Trinajstić information content (AvgIpc) is 3.29. The summed E-state index contributed by atoms with van der Waals surface area (Å²) in [6.45, 7) is 7.62. The molecule has 0 saturated heterocycles. The molecule has 0 aliphatic heterocycles. The predicted octanol–water partition coefficient (Wildman–Crippen LogP) is 3.16. The third-order valence-corrected chi connectivity index (χ3v) is 4.77. The average molecular weight is 367 g/mol. The second kappa shape index (κ2) is 6.02. The quantitative estimate of drug-likeness (QED) is 0.551. The summed E-state index contributed by atoms with van der Waals surface area (Å²) in [7, 11) is 1.57. The van der Waals surface area contributed by atoms with Crippen LogP contribution in [0.2, 0.25) is 0 Å². The molecule has 0 aliphatic carbocycles. The van der Waals surface area contributed by atoms with E-state index in [0.29, 0.717) is 17.1 Å². The summed E-state index contributed by atoms with van der Waals surface area (Å²) < 4.78 is 14.3. The van der Waals surface area contributed by atoms with Crippen molar-refractivity contribution in [1.82, 2.24) is 24.1 Å². The number of hydrogen-bond acceptors (Lipinski definition) is 6. The molecular weight excluding hydrogens is 346 g/mol. The molecule has 4 rings (SSSR count). The normalized spacial score (nSPS) is 12.5. The maximum atomic E-state index is 13.3. The van der Waals surface area contributed by atoms with Crippen molar-refractivity contribution in [3.05, 3.63) is 46.8 Å². The molecule has 3 heterocycles. The number of para-hydroxylation sites is 2. The Morgan fingerprint density at radius 2 is 1.89 bits per heavy atom. The second-order valence-electron chi connectivity index (χ2n) is 7.21. The Bertz CT molecular complexity index is 1200. The van der Waals surface area contributed by atoms with Crippen molar-refractivity contribution in [1.29, 1.82) is 0 Å². The van der Waals surface area contributed by atoms with Crippen molar-refractivity contribution in [3.8, 4) is 11.5 Å². The van der Waals surface area contributed by atoms with Gasteiger partial charge in [-0.05, 0) is 39.8 Å². The maximum Gasteiger partial charge on any atom is 0.278 e. The van der Waals surface area contributed by atoms with Crippen LogP contribution in [0.25, 0.3) is 28.1 Å². The largest absolute Gasteiger partial charge is 0.369 e. The van der Waals surface area contributed by atoms with Crippen LogP contribution in [0.1, 0.15) is 39.6 Å². The highest BCUT2D eigenvalue weighted by Crippen LogP contribution is 2.27. The first-order valence-corrected chi connectivity index (χ1v) is 8.75. The molecule has 0 radical (unpaired) electrons. The van der Waals surface area contributed by atoms with Crippen molar-refractivity contribution in [2.75, 3.05) is 7.11 Å². The van der Waals surface area contributed by atoms with Gasteiger partial charge in [0.2, 0.25) is 5.82 Å². The van der Waals surface area contributed by atoms with Gasteiger partial charge < -0.3 is 13.8 Å². The Morgan fingerprint density at radius 3 is 2.56 bits per heavy atom. The Morgan fingerprint density at radius 1 is 1.19 bits per heavy atom. The van der Waals surface area contributed by atoms with E-state index < -0.39 is 5.60 Å². The molecule has 0 aliphatic rings. The number of aromatic nitrogens is 5. The SMILES string of the molecule is COC(C)(C)c1nc(-c2ncn3c2c(=O)n(C(C)C)c2ccccc23)no1. The summed E-state index contributed by atoms with van der Waals surface area (Å²) >= 11 is 0. The number of rotatable bonds is 4. The van der Waals surface area contributed by atoms with E-state index in [4.69, 9.17) is 9.26 Å². The fourth-order valence-electron chi connectivity index (χ4n) is 3.16. The summed E-state index contributed by atoms with van der Waals surface area (Å²) in [5.41, 5.74) is 1.68. The highest BCUT2D eigenvalue weighted by atomic mass is 16.5. The summed E-state index contributed by atoms with van der Waals surface area (Å²) in [4.78, 5) is 22.1. The molecule has 0 amide bonds. The zero-order chi connectivity index (χ0) is 19.3. The van der Waals surface area contributed by atoms with Crippen LogP contribution in [0, 0.1) is 0 Å². The lowest BCUT2D eigenvalue weighted by molar-refractivity contribution is -0.00786. The van der Waals surface area contributed by atoms with Gasteiger partial charge in [0.15, 0.2) is 0 Å². The number of nitrogens with zero attached hydrogens (tertiary/aromatic N) is 5. The zero-order valence-electron chi connectivity index (χ0n) is 15.9.